The molecule has 0 aromatic carbocycles. The van der Waals surface area contributed by atoms with Crippen LogP contribution in [0.15, 0.2) is 0 Å². The van der Waals surface area contributed by atoms with Crippen molar-refractivity contribution in [2.45, 2.75) is 6.42 Å². The van der Waals surface area contributed by atoms with Gasteiger partial charge in [-0.3, -0.25) is 9.69 Å². The van der Waals surface area contributed by atoms with E-state index in [1.54, 1.807) is 0 Å². The number of halogens is 2. The maximum atomic E-state index is 11.7. The predicted molar refractivity (Wildman–Crippen MR) is 75.7 cm³/mol. The molecule has 5 nitrogen and oxygen atoms in total. The van der Waals surface area contributed by atoms with E-state index in [2.05, 4.69) is 15.5 Å². The first-order valence-electron chi connectivity index (χ1n) is 6.15. The van der Waals surface area contributed by atoms with Crippen molar-refractivity contribution in [3.05, 3.63) is 0 Å². The molecule has 7 heteroatoms. The van der Waals surface area contributed by atoms with E-state index < -0.39 is 0 Å². The van der Waals surface area contributed by atoms with Crippen LogP contribution in [-0.4, -0.2) is 63.3 Å². The molecule has 2 fully saturated rings. The fourth-order valence-corrected chi connectivity index (χ4v) is 2.18. The van der Waals surface area contributed by atoms with Crippen LogP contribution in [0.5, 0.6) is 0 Å². The molecule has 0 spiro atoms. The van der Waals surface area contributed by atoms with E-state index in [1.165, 1.54) is 0 Å². The average Bonchev–Trinajstić information content (AvgIpc) is 2.84. The summed E-state index contributed by atoms with van der Waals surface area (Å²) in [4.78, 5) is 14.0. The molecule has 0 saturated carbocycles. The lowest BCUT2D eigenvalue weighted by Gasteiger charge is -2.26. The molecule has 2 N–H and O–H groups in total. The minimum Gasteiger partial charge on any atom is -0.379 e. The van der Waals surface area contributed by atoms with Gasteiger partial charge in [0.15, 0.2) is 0 Å². The van der Waals surface area contributed by atoms with Crippen molar-refractivity contribution in [3.8, 4) is 0 Å². The number of rotatable bonds is 4. The Hall–Kier alpha value is -0.0700. The second-order valence-electron chi connectivity index (χ2n) is 4.43. The highest BCUT2D eigenvalue weighted by Gasteiger charge is 2.21. The van der Waals surface area contributed by atoms with Gasteiger partial charge in [0.05, 0.1) is 19.1 Å². The largest absolute Gasteiger partial charge is 0.379 e. The van der Waals surface area contributed by atoms with Crippen LogP contribution < -0.4 is 10.6 Å². The first-order valence-corrected chi connectivity index (χ1v) is 6.15. The number of amides is 1. The highest BCUT2D eigenvalue weighted by atomic mass is 35.5. The van der Waals surface area contributed by atoms with Crippen LogP contribution in [0.2, 0.25) is 0 Å². The predicted octanol–water partition coefficient (Wildman–Crippen LogP) is -0.112. The minimum absolute atomic E-state index is 0. The monoisotopic (exact) mass is 299 g/mol. The number of nitrogens with zero attached hydrogens (tertiary/aromatic N) is 1. The molecule has 1 amide bonds. The lowest BCUT2D eigenvalue weighted by molar-refractivity contribution is -0.124. The van der Waals surface area contributed by atoms with Crippen molar-refractivity contribution >= 4 is 30.7 Å². The second-order valence-corrected chi connectivity index (χ2v) is 4.43. The van der Waals surface area contributed by atoms with Gasteiger partial charge in [-0.25, -0.2) is 0 Å². The van der Waals surface area contributed by atoms with Crippen LogP contribution >= 0.6 is 24.8 Å². The Kier molecular flexibility index (Phi) is 9.77. The lowest BCUT2D eigenvalue weighted by Crippen LogP contribution is -2.42. The van der Waals surface area contributed by atoms with Crippen LogP contribution in [0.1, 0.15) is 6.42 Å². The van der Waals surface area contributed by atoms with Gasteiger partial charge in [-0.05, 0) is 13.0 Å². The molecule has 108 valence electrons. The number of carbonyl (C=O) groups is 1. The number of hydrogen-bond acceptors (Lipinski definition) is 4. The van der Waals surface area contributed by atoms with Gasteiger partial charge in [-0.2, -0.15) is 0 Å². The van der Waals surface area contributed by atoms with Crippen LogP contribution in [0, 0.1) is 5.92 Å². The highest BCUT2D eigenvalue weighted by molar-refractivity contribution is 5.85. The maximum Gasteiger partial charge on any atom is 0.224 e. The molecule has 0 aromatic rings. The fourth-order valence-electron chi connectivity index (χ4n) is 2.18. The van der Waals surface area contributed by atoms with Crippen molar-refractivity contribution in [1.82, 2.24) is 15.5 Å². The van der Waals surface area contributed by atoms with Gasteiger partial charge in [0.2, 0.25) is 5.91 Å². The zero-order valence-electron chi connectivity index (χ0n) is 10.5. The van der Waals surface area contributed by atoms with Crippen LogP contribution in [0.4, 0.5) is 0 Å². The molecule has 1 atom stereocenters. The Balaban J connectivity index is 0.00000144. The summed E-state index contributed by atoms with van der Waals surface area (Å²) in [7, 11) is 0. The van der Waals surface area contributed by atoms with Gasteiger partial charge >= 0.3 is 0 Å². The molecule has 0 radical (unpaired) electrons. The summed E-state index contributed by atoms with van der Waals surface area (Å²) in [6.07, 6.45) is 0.976. The topological polar surface area (TPSA) is 53.6 Å². The van der Waals surface area contributed by atoms with Crippen molar-refractivity contribution in [2.24, 2.45) is 5.92 Å². The lowest BCUT2D eigenvalue weighted by atomic mass is 10.1. The van der Waals surface area contributed by atoms with E-state index in [4.69, 9.17) is 4.74 Å². The minimum atomic E-state index is 0. The van der Waals surface area contributed by atoms with E-state index in [0.717, 1.165) is 58.9 Å². The molecule has 2 heterocycles. The molecule has 0 aliphatic carbocycles. The van der Waals surface area contributed by atoms with E-state index in [9.17, 15) is 4.79 Å². The van der Waals surface area contributed by atoms with Gasteiger partial charge < -0.3 is 15.4 Å². The molecular formula is C11H23Cl2N3O2. The Labute approximate surface area is 121 Å². The van der Waals surface area contributed by atoms with Gasteiger partial charge in [-0.15, -0.1) is 24.8 Å². The number of hydrogen-bond donors (Lipinski definition) is 2. The van der Waals surface area contributed by atoms with Crippen molar-refractivity contribution in [1.29, 1.82) is 0 Å². The third-order valence-electron chi connectivity index (χ3n) is 3.26. The summed E-state index contributed by atoms with van der Waals surface area (Å²) in [5, 5.41) is 6.22. The van der Waals surface area contributed by atoms with E-state index >= 15 is 0 Å². The Morgan fingerprint density at radius 3 is 2.67 bits per heavy atom. The zero-order valence-corrected chi connectivity index (χ0v) is 12.2. The van der Waals surface area contributed by atoms with Gasteiger partial charge in [0, 0.05) is 32.7 Å². The summed E-state index contributed by atoms with van der Waals surface area (Å²) in [5.41, 5.74) is 0. The number of carbonyl (C=O) groups excluding carboxylic acids is 1. The third-order valence-corrected chi connectivity index (χ3v) is 3.26. The third kappa shape index (κ3) is 5.71. The molecule has 2 rings (SSSR count). The summed E-state index contributed by atoms with van der Waals surface area (Å²) in [6, 6.07) is 0. The first-order chi connectivity index (χ1) is 7.86. The van der Waals surface area contributed by atoms with Gasteiger partial charge in [0.1, 0.15) is 0 Å². The Morgan fingerprint density at radius 2 is 2.06 bits per heavy atom. The van der Waals surface area contributed by atoms with Crippen molar-refractivity contribution in [2.75, 3.05) is 52.5 Å². The standard InChI is InChI=1S/C11H21N3O2.2ClH/c15-11(10-1-2-12-9-10)13-3-4-14-5-7-16-8-6-14;;/h10,12H,1-9H2,(H,13,15);2*1H/t10-;;/m1../s1. The quantitative estimate of drug-likeness (QED) is 0.760. The number of morpholine rings is 1. The molecule has 2 aliphatic heterocycles. The molecule has 0 aromatic heterocycles. The van der Waals surface area contributed by atoms with Gasteiger partial charge in [-0.1, -0.05) is 0 Å². The highest BCUT2D eigenvalue weighted by Crippen LogP contribution is 2.06. The summed E-state index contributed by atoms with van der Waals surface area (Å²) >= 11 is 0. The summed E-state index contributed by atoms with van der Waals surface area (Å²) in [5.74, 6) is 0.392. The SMILES string of the molecule is Cl.Cl.O=C(NCCN1CCOCC1)[C@@H]1CCNC1. The van der Waals surface area contributed by atoms with Crippen molar-refractivity contribution < 1.29 is 9.53 Å². The zero-order chi connectivity index (χ0) is 11.2. The summed E-state index contributed by atoms with van der Waals surface area (Å²) < 4.78 is 5.27. The molecule has 18 heavy (non-hydrogen) atoms. The van der Waals surface area contributed by atoms with Crippen LogP contribution in [-0.2, 0) is 9.53 Å². The smallest absolute Gasteiger partial charge is 0.224 e. The maximum absolute atomic E-state index is 11.7. The van der Waals surface area contributed by atoms with E-state index in [0.29, 0.717) is 0 Å². The van der Waals surface area contributed by atoms with E-state index in [1.807, 2.05) is 0 Å². The molecule has 0 bridgehead atoms. The molecule has 0 unspecified atom stereocenters. The van der Waals surface area contributed by atoms with Crippen LogP contribution in [0.25, 0.3) is 0 Å². The van der Waals surface area contributed by atoms with Gasteiger partial charge in [0.25, 0.3) is 0 Å². The average molecular weight is 300 g/mol. The fraction of sp³-hybridized carbons (Fsp3) is 0.909. The molecule has 2 saturated heterocycles. The first kappa shape index (κ1) is 17.9. The molecule has 2 aliphatic rings. The molecular weight excluding hydrogens is 277 g/mol. The normalized spacial score (nSPS) is 23.9. The number of nitrogens with one attached hydrogen (secondary N) is 2. The second kappa shape index (κ2) is 9.81. The Morgan fingerprint density at radius 1 is 1.33 bits per heavy atom. The van der Waals surface area contributed by atoms with E-state index in [-0.39, 0.29) is 36.6 Å². The summed E-state index contributed by atoms with van der Waals surface area (Å²) in [6.45, 7) is 7.12. The van der Waals surface area contributed by atoms with Crippen LogP contribution in [0.3, 0.4) is 0 Å². The van der Waals surface area contributed by atoms with Crippen molar-refractivity contribution in [3.63, 3.8) is 0 Å². The number of ether oxygens (including phenoxy) is 1. The Bertz CT molecular complexity index is 232.